The van der Waals surface area contributed by atoms with E-state index in [-0.39, 0.29) is 11.9 Å². The lowest BCUT2D eigenvalue weighted by atomic mass is 10.2. The van der Waals surface area contributed by atoms with E-state index < -0.39 is 5.38 Å². The van der Waals surface area contributed by atoms with Crippen LogP contribution < -0.4 is 5.32 Å². The van der Waals surface area contributed by atoms with Gasteiger partial charge in [-0.25, -0.2) is 0 Å². The highest BCUT2D eigenvalue weighted by atomic mass is 35.5. The molecule has 4 heteroatoms. The molecule has 1 aromatic carbocycles. The van der Waals surface area contributed by atoms with Crippen LogP contribution in [0, 0.1) is 0 Å². The number of fused-ring (bicyclic) bond motifs is 1. The molecule has 0 bridgehead atoms. The van der Waals surface area contributed by atoms with Crippen molar-refractivity contribution in [3.8, 4) is 0 Å². The first kappa shape index (κ1) is 12.0. The van der Waals surface area contributed by atoms with Crippen LogP contribution in [0.4, 0.5) is 0 Å². The van der Waals surface area contributed by atoms with Gasteiger partial charge in [0.05, 0.1) is 6.04 Å². The Hall–Kier alpha value is -1.48. The number of alkyl halides is 1. The molecule has 1 aromatic heterocycles. The summed E-state index contributed by atoms with van der Waals surface area (Å²) >= 11 is 5.70. The van der Waals surface area contributed by atoms with Gasteiger partial charge in [0.15, 0.2) is 0 Å². The molecular formula is C13H14ClNO2. The molecule has 0 saturated heterocycles. The van der Waals surface area contributed by atoms with Crippen LogP contribution in [0.25, 0.3) is 11.0 Å². The second-order valence-electron chi connectivity index (χ2n) is 4.03. The normalized spacial score (nSPS) is 14.5. The summed E-state index contributed by atoms with van der Waals surface area (Å²) < 4.78 is 5.65. The lowest BCUT2D eigenvalue weighted by Gasteiger charge is -2.12. The van der Waals surface area contributed by atoms with Crippen molar-refractivity contribution in [2.45, 2.75) is 25.3 Å². The molecule has 1 N–H and O–H groups in total. The zero-order chi connectivity index (χ0) is 12.4. The van der Waals surface area contributed by atoms with Crippen LogP contribution in [-0.2, 0) is 4.79 Å². The van der Waals surface area contributed by atoms with E-state index in [4.69, 9.17) is 16.0 Å². The largest absolute Gasteiger partial charge is 0.459 e. The van der Waals surface area contributed by atoms with Crippen molar-refractivity contribution in [2.75, 3.05) is 0 Å². The third kappa shape index (κ3) is 2.61. The van der Waals surface area contributed by atoms with Gasteiger partial charge in [-0.15, -0.1) is 11.6 Å². The highest BCUT2D eigenvalue weighted by Gasteiger charge is 2.16. The number of furan rings is 1. The molecule has 90 valence electrons. The van der Waals surface area contributed by atoms with Crippen molar-refractivity contribution in [1.82, 2.24) is 5.32 Å². The molecule has 0 aliphatic carbocycles. The second kappa shape index (κ2) is 4.80. The summed E-state index contributed by atoms with van der Waals surface area (Å²) in [7, 11) is 0. The maximum atomic E-state index is 11.5. The van der Waals surface area contributed by atoms with Crippen LogP contribution in [0.1, 0.15) is 25.6 Å². The number of halogens is 1. The molecule has 0 aliphatic rings. The summed E-state index contributed by atoms with van der Waals surface area (Å²) in [4.78, 5) is 11.5. The fourth-order valence-corrected chi connectivity index (χ4v) is 1.68. The van der Waals surface area contributed by atoms with Crippen LogP contribution in [0.15, 0.2) is 34.7 Å². The highest BCUT2D eigenvalue weighted by molar-refractivity contribution is 6.30. The van der Waals surface area contributed by atoms with Crippen molar-refractivity contribution in [3.05, 3.63) is 36.1 Å². The van der Waals surface area contributed by atoms with Gasteiger partial charge in [-0.3, -0.25) is 4.79 Å². The molecule has 2 rings (SSSR count). The van der Waals surface area contributed by atoms with Gasteiger partial charge >= 0.3 is 0 Å². The molecule has 3 nitrogen and oxygen atoms in total. The van der Waals surface area contributed by atoms with E-state index >= 15 is 0 Å². The molecule has 1 heterocycles. The number of hydrogen-bond acceptors (Lipinski definition) is 2. The van der Waals surface area contributed by atoms with E-state index in [1.165, 1.54) is 0 Å². The Kier molecular flexibility index (Phi) is 3.38. The average molecular weight is 252 g/mol. The first-order valence-electron chi connectivity index (χ1n) is 5.51. The quantitative estimate of drug-likeness (QED) is 0.851. The molecule has 0 unspecified atom stereocenters. The molecule has 0 aliphatic heterocycles. The third-order valence-electron chi connectivity index (χ3n) is 2.59. The van der Waals surface area contributed by atoms with Gasteiger partial charge in [0, 0.05) is 5.39 Å². The predicted octanol–water partition coefficient (Wildman–Crippen LogP) is 3.24. The van der Waals surface area contributed by atoms with Gasteiger partial charge < -0.3 is 9.73 Å². The van der Waals surface area contributed by atoms with Gasteiger partial charge in [-0.1, -0.05) is 18.2 Å². The summed E-state index contributed by atoms with van der Waals surface area (Å²) in [6.07, 6.45) is 0. The van der Waals surface area contributed by atoms with Gasteiger partial charge in [-0.05, 0) is 26.0 Å². The number of benzene rings is 1. The van der Waals surface area contributed by atoms with Crippen LogP contribution in [0.3, 0.4) is 0 Å². The van der Waals surface area contributed by atoms with E-state index in [0.29, 0.717) is 0 Å². The summed E-state index contributed by atoms with van der Waals surface area (Å²) in [5.74, 6) is 0.538. The van der Waals surface area contributed by atoms with Crippen molar-refractivity contribution in [1.29, 1.82) is 0 Å². The van der Waals surface area contributed by atoms with Gasteiger partial charge in [0.25, 0.3) is 0 Å². The topological polar surface area (TPSA) is 42.2 Å². The van der Waals surface area contributed by atoms with E-state index in [9.17, 15) is 4.79 Å². The Morgan fingerprint density at radius 3 is 2.71 bits per heavy atom. The third-order valence-corrected chi connectivity index (χ3v) is 2.79. The van der Waals surface area contributed by atoms with Crippen LogP contribution >= 0.6 is 11.6 Å². The summed E-state index contributed by atoms with van der Waals surface area (Å²) in [6.45, 7) is 3.51. The molecule has 2 atom stereocenters. The fraction of sp³-hybridized carbons (Fsp3) is 0.308. The number of para-hydroxylation sites is 1. The summed E-state index contributed by atoms with van der Waals surface area (Å²) in [6, 6.07) is 9.49. The fourth-order valence-electron chi connectivity index (χ4n) is 1.62. The SMILES string of the molecule is C[C@H](NC(=O)[C@@H](C)Cl)c1cc2ccccc2o1. The van der Waals surface area contributed by atoms with E-state index in [0.717, 1.165) is 16.7 Å². The minimum Gasteiger partial charge on any atom is -0.459 e. The zero-order valence-corrected chi connectivity index (χ0v) is 10.5. The lowest BCUT2D eigenvalue weighted by Crippen LogP contribution is -2.31. The monoisotopic (exact) mass is 251 g/mol. The highest BCUT2D eigenvalue weighted by Crippen LogP contribution is 2.23. The average Bonchev–Trinajstić information content (AvgIpc) is 2.72. The molecule has 2 aromatic rings. The Morgan fingerprint density at radius 2 is 2.06 bits per heavy atom. The first-order valence-corrected chi connectivity index (χ1v) is 5.94. The second-order valence-corrected chi connectivity index (χ2v) is 4.69. The molecule has 17 heavy (non-hydrogen) atoms. The summed E-state index contributed by atoms with van der Waals surface area (Å²) in [5.41, 5.74) is 0.822. The number of rotatable bonds is 3. The van der Waals surface area contributed by atoms with E-state index in [1.54, 1.807) is 6.92 Å². The van der Waals surface area contributed by atoms with E-state index in [2.05, 4.69) is 5.32 Å². The maximum Gasteiger partial charge on any atom is 0.238 e. The standard InChI is InChI=1S/C13H14ClNO2/c1-8(14)13(16)15-9(2)12-7-10-5-3-4-6-11(10)17-12/h3-9H,1-2H3,(H,15,16)/t8-,9+/m1/s1. The van der Waals surface area contributed by atoms with Crippen molar-refractivity contribution in [2.24, 2.45) is 0 Å². The van der Waals surface area contributed by atoms with Gasteiger partial charge in [0.1, 0.15) is 16.7 Å². The molecule has 0 spiro atoms. The van der Waals surface area contributed by atoms with Gasteiger partial charge in [0.2, 0.25) is 5.91 Å². The summed E-state index contributed by atoms with van der Waals surface area (Å²) in [5, 5.41) is 3.28. The maximum absolute atomic E-state index is 11.5. The minimum atomic E-state index is -0.540. The van der Waals surface area contributed by atoms with Crippen molar-refractivity contribution in [3.63, 3.8) is 0 Å². The Morgan fingerprint density at radius 1 is 1.35 bits per heavy atom. The van der Waals surface area contributed by atoms with Crippen LogP contribution in [0.2, 0.25) is 0 Å². The molecule has 0 saturated carbocycles. The van der Waals surface area contributed by atoms with E-state index in [1.807, 2.05) is 37.3 Å². The Bertz CT molecular complexity index is 500. The van der Waals surface area contributed by atoms with Crippen LogP contribution in [0.5, 0.6) is 0 Å². The number of carbonyl (C=O) groups excluding carboxylic acids is 1. The smallest absolute Gasteiger partial charge is 0.238 e. The minimum absolute atomic E-state index is 0.184. The predicted molar refractivity (Wildman–Crippen MR) is 68.1 cm³/mol. The van der Waals surface area contributed by atoms with Crippen molar-refractivity contribution < 1.29 is 9.21 Å². The Balaban J connectivity index is 2.19. The zero-order valence-electron chi connectivity index (χ0n) is 9.74. The van der Waals surface area contributed by atoms with Crippen LogP contribution in [-0.4, -0.2) is 11.3 Å². The Labute approximate surface area is 105 Å². The number of amides is 1. The molecule has 0 radical (unpaired) electrons. The number of hydrogen-bond donors (Lipinski definition) is 1. The molecular weight excluding hydrogens is 238 g/mol. The van der Waals surface area contributed by atoms with Crippen molar-refractivity contribution >= 4 is 28.5 Å². The molecule has 0 fully saturated rings. The lowest BCUT2D eigenvalue weighted by molar-refractivity contribution is -0.121. The molecule has 1 amide bonds. The van der Waals surface area contributed by atoms with Gasteiger partial charge in [-0.2, -0.15) is 0 Å². The first-order chi connectivity index (χ1) is 8.08. The number of nitrogens with one attached hydrogen (secondary N) is 1. The number of carbonyl (C=O) groups is 1.